The van der Waals surface area contributed by atoms with Crippen LogP contribution < -0.4 is 5.73 Å². The molecule has 2 N–H and O–H groups in total. The van der Waals surface area contributed by atoms with E-state index in [1.54, 1.807) is 0 Å². The van der Waals surface area contributed by atoms with Crippen LogP contribution in [0.5, 0.6) is 0 Å². The normalized spacial score (nSPS) is 45.3. The average Bonchev–Trinajstić information content (AvgIpc) is 2.42. The summed E-state index contributed by atoms with van der Waals surface area (Å²) in [7, 11) is -0.834. The van der Waals surface area contributed by atoms with Crippen LogP contribution in [0.4, 0.5) is 0 Å². The Hall–Kier alpha value is -0.130. The SMILES string of the molecule is CN1C2CC(C1CN)S(=O)(=O)C2. The Kier molecular flexibility index (Phi) is 1.72. The minimum Gasteiger partial charge on any atom is -0.329 e. The first-order valence-electron chi connectivity index (χ1n) is 4.20. The zero-order chi connectivity index (χ0) is 8.93. The third kappa shape index (κ3) is 0.932. The molecule has 2 saturated heterocycles. The number of likely N-dealkylation sites (tertiary alicyclic amines) is 1. The summed E-state index contributed by atoms with van der Waals surface area (Å²) in [6, 6.07) is 0.294. The van der Waals surface area contributed by atoms with Gasteiger partial charge in [0.1, 0.15) is 0 Å². The van der Waals surface area contributed by atoms with Crippen molar-refractivity contribution in [2.24, 2.45) is 5.73 Å². The van der Waals surface area contributed by atoms with Gasteiger partial charge in [0.15, 0.2) is 9.84 Å². The Bertz CT molecular complexity index is 288. The lowest BCUT2D eigenvalue weighted by Gasteiger charge is -2.30. The van der Waals surface area contributed by atoms with Crippen LogP contribution in [0.1, 0.15) is 6.42 Å². The molecule has 0 spiro atoms. The van der Waals surface area contributed by atoms with Gasteiger partial charge in [0.2, 0.25) is 0 Å². The van der Waals surface area contributed by atoms with Crippen LogP contribution in [0.15, 0.2) is 0 Å². The zero-order valence-corrected chi connectivity index (χ0v) is 7.92. The van der Waals surface area contributed by atoms with Crippen LogP contribution in [0.2, 0.25) is 0 Å². The van der Waals surface area contributed by atoms with E-state index in [-0.39, 0.29) is 17.3 Å². The highest BCUT2D eigenvalue weighted by atomic mass is 32.2. The van der Waals surface area contributed by atoms with Gasteiger partial charge in [-0.25, -0.2) is 8.42 Å². The van der Waals surface area contributed by atoms with Gasteiger partial charge in [-0.15, -0.1) is 0 Å². The van der Waals surface area contributed by atoms with E-state index in [0.29, 0.717) is 12.3 Å². The largest absolute Gasteiger partial charge is 0.329 e. The Labute approximate surface area is 72.6 Å². The molecule has 12 heavy (non-hydrogen) atoms. The topological polar surface area (TPSA) is 63.4 Å². The van der Waals surface area contributed by atoms with Crippen molar-refractivity contribution in [3.63, 3.8) is 0 Å². The number of hydrogen-bond donors (Lipinski definition) is 1. The summed E-state index contributed by atoms with van der Waals surface area (Å²) in [5.74, 6) is 0.338. The second-order valence-electron chi connectivity index (χ2n) is 3.73. The van der Waals surface area contributed by atoms with Crippen LogP contribution >= 0.6 is 0 Å². The number of fused-ring (bicyclic) bond motifs is 2. The predicted molar refractivity (Wildman–Crippen MR) is 46.6 cm³/mol. The van der Waals surface area contributed by atoms with Crippen LogP contribution in [0.25, 0.3) is 0 Å². The Morgan fingerprint density at radius 3 is 2.67 bits per heavy atom. The van der Waals surface area contributed by atoms with Gasteiger partial charge in [-0.1, -0.05) is 0 Å². The first kappa shape index (κ1) is 8.47. The summed E-state index contributed by atoms with van der Waals surface area (Å²) in [5.41, 5.74) is 5.53. The number of likely N-dealkylation sites (N-methyl/N-ethyl adjacent to an activating group) is 1. The minimum absolute atomic E-state index is 0.0637. The third-order valence-corrected chi connectivity index (χ3v) is 5.44. The monoisotopic (exact) mass is 190 g/mol. The van der Waals surface area contributed by atoms with E-state index >= 15 is 0 Å². The molecule has 2 aliphatic heterocycles. The standard InChI is InChI=1S/C7H14N2O2S/c1-9-5-2-7(6(9)3-8)12(10,11)4-5/h5-7H,2-4,8H2,1H3. The van der Waals surface area contributed by atoms with Crippen molar-refractivity contribution in [3.8, 4) is 0 Å². The predicted octanol–water partition coefficient (Wildman–Crippen LogP) is -1.19. The van der Waals surface area contributed by atoms with Crippen LogP contribution in [0.3, 0.4) is 0 Å². The lowest BCUT2D eigenvalue weighted by atomic mass is 10.2. The van der Waals surface area contributed by atoms with Crippen molar-refractivity contribution in [3.05, 3.63) is 0 Å². The Morgan fingerprint density at radius 2 is 2.25 bits per heavy atom. The molecule has 2 bridgehead atoms. The first-order valence-corrected chi connectivity index (χ1v) is 5.91. The molecule has 0 aromatic rings. The van der Waals surface area contributed by atoms with Gasteiger partial charge in [-0.05, 0) is 13.5 Å². The van der Waals surface area contributed by atoms with Crippen molar-refractivity contribution in [1.29, 1.82) is 0 Å². The fourth-order valence-electron chi connectivity index (χ4n) is 2.41. The summed E-state index contributed by atoms with van der Waals surface area (Å²) in [5, 5.41) is -0.183. The van der Waals surface area contributed by atoms with Gasteiger partial charge in [-0.3, -0.25) is 4.90 Å². The molecular formula is C7H14N2O2S. The average molecular weight is 190 g/mol. The van der Waals surface area contributed by atoms with Crippen LogP contribution in [0, 0.1) is 0 Å². The molecule has 2 heterocycles. The molecule has 0 radical (unpaired) electrons. The van der Waals surface area contributed by atoms with Crippen molar-refractivity contribution in [2.75, 3.05) is 19.3 Å². The molecule has 2 aliphatic rings. The van der Waals surface area contributed by atoms with E-state index in [9.17, 15) is 8.42 Å². The quantitative estimate of drug-likeness (QED) is 0.565. The molecule has 0 aromatic heterocycles. The fraction of sp³-hybridized carbons (Fsp3) is 1.00. The van der Waals surface area contributed by atoms with E-state index in [0.717, 1.165) is 6.42 Å². The number of hydrogen-bond acceptors (Lipinski definition) is 4. The van der Waals surface area contributed by atoms with Gasteiger partial charge < -0.3 is 5.73 Å². The third-order valence-electron chi connectivity index (χ3n) is 3.16. The molecule has 3 unspecified atom stereocenters. The van der Waals surface area contributed by atoms with E-state index < -0.39 is 9.84 Å². The molecule has 70 valence electrons. The first-order chi connectivity index (χ1) is 5.56. The maximum absolute atomic E-state index is 11.5. The zero-order valence-electron chi connectivity index (χ0n) is 7.10. The molecule has 0 aliphatic carbocycles. The van der Waals surface area contributed by atoms with Gasteiger partial charge in [-0.2, -0.15) is 0 Å². The van der Waals surface area contributed by atoms with Crippen molar-refractivity contribution in [1.82, 2.24) is 4.90 Å². The second-order valence-corrected chi connectivity index (χ2v) is 5.99. The maximum atomic E-state index is 11.5. The molecular weight excluding hydrogens is 176 g/mol. The summed E-state index contributed by atoms with van der Waals surface area (Å²) < 4.78 is 22.9. The Morgan fingerprint density at radius 1 is 1.58 bits per heavy atom. The molecule has 0 aromatic carbocycles. The highest BCUT2D eigenvalue weighted by Crippen LogP contribution is 2.36. The lowest BCUT2D eigenvalue weighted by molar-refractivity contribution is 0.251. The van der Waals surface area contributed by atoms with E-state index in [1.165, 1.54) is 0 Å². The lowest BCUT2D eigenvalue weighted by Crippen LogP contribution is -2.49. The number of sulfone groups is 1. The van der Waals surface area contributed by atoms with Crippen molar-refractivity contribution >= 4 is 9.84 Å². The van der Waals surface area contributed by atoms with Gasteiger partial charge in [0.25, 0.3) is 0 Å². The summed E-state index contributed by atoms with van der Waals surface area (Å²) in [6.07, 6.45) is 0.792. The van der Waals surface area contributed by atoms with Crippen molar-refractivity contribution in [2.45, 2.75) is 23.8 Å². The van der Waals surface area contributed by atoms with E-state index in [4.69, 9.17) is 5.73 Å². The number of nitrogens with zero attached hydrogens (tertiary/aromatic N) is 1. The van der Waals surface area contributed by atoms with E-state index in [2.05, 4.69) is 4.90 Å². The molecule has 4 nitrogen and oxygen atoms in total. The summed E-state index contributed by atoms with van der Waals surface area (Å²) >= 11 is 0. The summed E-state index contributed by atoms with van der Waals surface area (Å²) in [6.45, 7) is 0.455. The van der Waals surface area contributed by atoms with Gasteiger partial charge in [0, 0.05) is 18.6 Å². The summed E-state index contributed by atoms with van der Waals surface area (Å²) in [4.78, 5) is 2.12. The molecule has 0 saturated carbocycles. The Balaban J connectivity index is 2.32. The van der Waals surface area contributed by atoms with Crippen LogP contribution in [-0.2, 0) is 9.84 Å². The fourth-order valence-corrected chi connectivity index (χ4v) is 4.86. The van der Waals surface area contributed by atoms with Gasteiger partial charge >= 0.3 is 0 Å². The highest BCUT2D eigenvalue weighted by molar-refractivity contribution is 7.92. The van der Waals surface area contributed by atoms with Crippen LogP contribution in [-0.4, -0.2) is 50.0 Å². The maximum Gasteiger partial charge on any atom is 0.156 e. The van der Waals surface area contributed by atoms with Gasteiger partial charge in [0.05, 0.1) is 11.0 Å². The molecule has 5 heteroatoms. The van der Waals surface area contributed by atoms with E-state index in [1.807, 2.05) is 7.05 Å². The number of rotatable bonds is 1. The smallest absolute Gasteiger partial charge is 0.156 e. The minimum atomic E-state index is -2.80. The molecule has 3 atom stereocenters. The van der Waals surface area contributed by atoms with Crippen molar-refractivity contribution < 1.29 is 8.42 Å². The second kappa shape index (κ2) is 2.43. The molecule has 0 amide bonds. The molecule has 2 fully saturated rings. The highest BCUT2D eigenvalue weighted by Gasteiger charge is 2.52. The number of nitrogens with two attached hydrogens (primary N) is 1. The molecule has 2 rings (SSSR count).